The number of nitrogen functional groups attached to an aromatic ring is 2. The first-order valence-electron chi connectivity index (χ1n) is 4.52. The quantitative estimate of drug-likeness (QED) is 0.697. The number of hydrogen-bond donors (Lipinski definition) is 2. The Morgan fingerprint density at radius 3 is 2.50 bits per heavy atom. The average molecular weight is 195 g/mol. The summed E-state index contributed by atoms with van der Waals surface area (Å²) in [5.74, 6) is 0.763. The van der Waals surface area contributed by atoms with E-state index in [0.717, 1.165) is 12.3 Å². The molecule has 0 amide bonds. The van der Waals surface area contributed by atoms with Crippen LogP contribution >= 0.6 is 0 Å². The van der Waals surface area contributed by atoms with Gasteiger partial charge in [0.25, 0.3) is 0 Å². The first-order valence-corrected chi connectivity index (χ1v) is 4.52. The third-order valence-corrected chi connectivity index (χ3v) is 1.87. The first-order chi connectivity index (χ1) is 6.59. The monoisotopic (exact) mass is 195 g/mol. The molecule has 0 heterocycles. The lowest BCUT2D eigenvalue weighted by molar-refractivity contribution is 0.261. The van der Waals surface area contributed by atoms with Crippen molar-refractivity contribution in [2.24, 2.45) is 0 Å². The molecule has 1 aromatic rings. The van der Waals surface area contributed by atoms with Crippen LogP contribution in [0.2, 0.25) is 0 Å². The van der Waals surface area contributed by atoms with E-state index >= 15 is 0 Å². The summed E-state index contributed by atoms with van der Waals surface area (Å²) in [5.41, 5.74) is 12.4. The summed E-state index contributed by atoms with van der Waals surface area (Å²) in [4.78, 5) is 2.06. The predicted molar refractivity (Wildman–Crippen MR) is 59.3 cm³/mol. The number of benzene rings is 1. The molecule has 0 bridgehead atoms. The molecule has 0 aromatic heterocycles. The van der Waals surface area contributed by atoms with E-state index < -0.39 is 0 Å². The van der Waals surface area contributed by atoms with E-state index in [0.29, 0.717) is 18.0 Å². The normalized spacial score (nSPS) is 10.5. The van der Waals surface area contributed by atoms with Crippen molar-refractivity contribution in [2.45, 2.75) is 0 Å². The zero-order valence-electron chi connectivity index (χ0n) is 8.66. The summed E-state index contributed by atoms with van der Waals surface area (Å²) in [6, 6.07) is 5.31. The summed E-state index contributed by atoms with van der Waals surface area (Å²) in [5, 5.41) is 0. The van der Waals surface area contributed by atoms with Gasteiger partial charge in [-0.1, -0.05) is 0 Å². The highest BCUT2D eigenvalue weighted by Gasteiger charge is 1.98. The van der Waals surface area contributed by atoms with Crippen molar-refractivity contribution in [1.82, 2.24) is 4.90 Å². The molecule has 1 rings (SSSR count). The van der Waals surface area contributed by atoms with Gasteiger partial charge in [0.1, 0.15) is 12.4 Å². The maximum atomic E-state index is 5.64. The van der Waals surface area contributed by atoms with Crippen LogP contribution in [0, 0.1) is 0 Å². The molecular formula is C10H17N3O. The van der Waals surface area contributed by atoms with Gasteiger partial charge in [0, 0.05) is 12.6 Å². The van der Waals surface area contributed by atoms with Gasteiger partial charge in [0.15, 0.2) is 0 Å². The third-order valence-electron chi connectivity index (χ3n) is 1.87. The van der Waals surface area contributed by atoms with E-state index in [1.54, 1.807) is 12.1 Å². The van der Waals surface area contributed by atoms with Gasteiger partial charge in [-0.05, 0) is 26.2 Å². The lowest BCUT2D eigenvalue weighted by Gasteiger charge is -2.11. The molecule has 78 valence electrons. The molecule has 0 saturated carbocycles. The van der Waals surface area contributed by atoms with Crippen molar-refractivity contribution in [3.8, 4) is 5.75 Å². The van der Waals surface area contributed by atoms with E-state index in [1.807, 2.05) is 20.2 Å². The molecule has 0 aliphatic heterocycles. The molecule has 0 unspecified atom stereocenters. The van der Waals surface area contributed by atoms with Crippen LogP contribution in [0.25, 0.3) is 0 Å². The Morgan fingerprint density at radius 1 is 1.21 bits per heavy atom. The van der Waals surface area contributed by atoms with Crippen LogP contribution in [0.15, 0.2) is 18.2 Å². The molecule has 0 atom stereocenters. The van der Waals surface area contributed by atoms with Crippen LogP contribution < -0.4 is 16.2 Å². The summed E-state index contributed by atoms with van der Waals surface area (Å²) < 4.78 is 5.48. The molecule has 14 heavy (non-hydrogen) atoms. The molecular weight excluding hydrogens is 178 g/mol. The highest BCUT2D eigenvalue weighted by molar-refractivity contribution is 5.65. The van der Waals surface area contributed by atoms with Crippen LogP contribution in [0.1, 0.15) is 0 Å². The lowest BCUT2D eigenvalue weighted by Crippen LogP contribution is -2.19. The third kappa shape index (κ3) is 3.14. The minimum absolute atomic E-state index is 0.562. The van der Waals surface area contributed by atoms with Gasteiger partial charge in [0.05, 0.1) is 11.4 Å². The van der Waals surface area contributed by atoms with E-state index in [9.17, 15) is 0 Å². The summed E-state index contributed by atoms with van der Waals surface area (Å²) >= 11 is 0. The van der Waals surface area contributed by atoms with Gasteiger partial charge >= 0.3 is 0 Å². The molecule has 0 saturated heterocycles. The molecule has 0 spiro atoms. The number of ether oxygens (including phenoxy) is 1. The maximum absolute atomic E-state index is 5.64. The summed E-state index contributed by atoms with van der Waals surface area (Å²) in [6.45, 7) is 1.53. The van der Waals surface area contributed by atoms with Crippen molar-refractivity contribution in [2.75, 3.05) is 38.7 Å². The highest BCUT2D eigenvalue weighted by Crippen LogP contribution is 2.21. The van der Waals surface area contributed by atoms with Gasteiger partial charge in [0.2, 0.25) is 0 Å². The lowest BCUT2D eigenvalue weighted by atomic mass is 10.2. The number of anilines is 2. The Labute approximate surface area is 84.4 Å². The van der Waals surface area contributed by atoms with Crippen LogP contribution in [0.5, 0.6) is 5.75 Å². The van der Waals surface area contributed by atoms with Crippen LogP contribution in [-0.4, -0.2) is 32.1 Å². The van der Waals surface area contributed by atoms with Crippen LogP contribution in [0.4, 0.5) is 11.4 Å². The van der Waals surface area contributed by atoms with Gasteiger partial charge < -0.3 is 21.1 Å². The molecule has 4 N–H and O–H groups in total. The van der Waals surface area contributed by atoms with Gasteiger partial charge in [-0.3, -0.25) is 0 Å². The molecule has 4 heteroatoms. The number of rotatable bonds is 4. The van der Waals surface area contributed by atoms with Crippen molar-refractivity contribution >= 4 is 11.4 Å². The minimum atomic E-state index is 0.562. The molecule has 0 aliphatic rings. The fourth-order valence-corrected chi connectivity index (χ4v) is 0.989. The van der Waals surface area contributed by atoms with E-state index in [-0.39, 0.29) is 0 Å². The Bertz CT molecular complexity index is 299. The number of hydrogen-bond acceptors (Lipinski definition) is 4. The number of likely N-dealkylation sites (N-methyl/N-ethyl adjacent to an activating group) is 1. The predicted octanol–water partition coefficient (Wildman–Crippen LogP) is 0.791. The van der Waals surface area contributed by atoms with E-state index in [4.69, 9.17) is 16.2 Å². The fraction of sp³-hybridized carbons (Fsp3) is 0.400. The van der Waals surface area contributed by atoms with E-state index in [2.05, 4.69) is 4.90 Å². The Morgan fingerprint density at radius 2 is 1.93 bits per heavy atom. The van der Waals surface area contributed by atoms with E-state index in [1.165, 1.54) is 0 Å². The second-order valence-electron chi connectivity index (χ2n) is 3.44. The molecule has 4 nitrogen and oxygen atoms in total. The molecule has 1 aromatic carbocycles. The topological polar surface area (TPSA) is 64.5 Å². The Hall–Kier alpha value is -1.42. The van der Waals surface area contributed by atoms with Gasteiger partial charge in [-0.2, -0.15) is 0 Å². The van der Waals surface area contributed by atoms with Gasteiger partial charge in [-0.25, -0.2) is 0 Å². The molecule has 0 radical (unpaired) electrons. The van der Waals surface area contributed by atoms with Crippen molar-refractivity contribution in [3.05, 3.63) is 18.2 Å². The Kier molecular flexibility index (Phi) is 3.59. The minimum Gasteiger partial charge on any atom is -0.492 e. The zero-order valence-corrected chi connectivity index (χ0v) is 8.66. The maximum Gasteiger partial charge on any atom is 0.121 e. The van der Waals surface area contributed by atoms with Crippen molar-refractivity contribution in [3.63, 3.8) is 0 Å². The van der Waals surface area contributed by atoms with Crippen molar-refractivity contribution < 1.29 is 4.74 Å². The SMILES string of the molecule is CN(C)CCOc1ccc(N)c(N)c1. The zero-order chi connectivity index (χ0) is 10.6. The number of nitrogens with two attached hydrogens (primary N) is 2. The number of nitrogens with zero attached hydrogens (tertiary/aromatic N) is 1. The Balaban J connectivity index is 2.47. The summed E-state index contributed by atoms with van der Waals surface area (Å²) in [7, 11) is 4.00. The highest BCUT2D eigenvalue weighted by atomic mass is 16.5. The van der Waals surface area contributed by atoms with Crippen molar-refractivity contribution in [1.29, 1.82) is 0 Å². The fourth-order valence-electron chi connectivity index (χ4n) is 0.989. The van der Waals surface area contributed by atoms with Gasteiger partial charge in [-0.15, -0.1) is 0 Å². The largest absolute Gasteiger partial charge is 0.492 e. The first kappa shape index (κ1) is 10.7. The standard InChI is InChI=1S/C10H17N3O/c1-13(2)5-6-14-8-3-4-9(11)10(12)7-8/h3-4,7H,5-6,11-12H2,1-2H3. The summed E-state index contributed by atoms with van der Waals surface area (Å²) in [6.07, 6.45) is 0. The molecule has 0 aliphatic carbocycles. The smallest absolute Gasteiger partial charge is 0.121 e. The average Bonchev–Trinajstić information content (AvgIpc) is 2.10. The van der Waals surface area contributed by atoms with Crippen LogP contribution in [-0.2, 0) is 0 Å². The second-order valence-corrected chi connectivity index (χ2v) is 3.44. The van der Waals surface area contributed by atoms with Crippen LogP contribution in [0.3, 0.4) is 0 Å². The second kappa shape index (κ2) is 4.72. The molecule has 0 fully saturated rings.